The topological polar surface area (TPSA) is 75.1 Å². The summed E-state index contributed by atoms with van der Waals surface area (Å²) in [6.45, 7) is 8.92. The van der Waals surface area contributed by atoms with Gasteiger partial charge in [0.1, 0.15) is 0 Å². The van der Waals surface area contributed by atoms with Crippen molar-refractivity contribution in [1.82, 2.24) is 25.1 Å². The Labute approximate surface area is 141 Å². The molecule has 0 saturated heterocycles. The Morgan fingerprint density at radius 3 is 2.75 bits per heavy atom. The number of hydrogen-bond acceptors (Lipinski definition) is 3. The molecular weight excluding hydrogens is 302 g/mol. The highest BCUT2D eigenvalue weighted by Crippen LogP contribution is 2.21. The second-order valence-corrected chi connectivity index (χ2v) is 7.11. The van der Waals surface area contributed by atoms with Gasteiger partial charge in [0.25, 0.3) is 5.91 Å². The lowest BCUT2D eigenvalue weighted by Crippen LogP contribution is -2.26. The minimum Gasteiger partial charge on any atom is -0.352 e. The van der Waals surface area contributed by atoms with Gasteiger partial charge in [0, 0.05) is 35.7 Å². The van der Waals surface area contributed by atoms with E-state index < -0.39 is 0 Å². The molecule has 3 aromatic rings. The first-order valence-electron chi connectivity index (χ1n) is 8.13. The molecule has 1 aromatic carbocycles. The van der Waals surface area contributed by atoms with Crippen LogP contribution in [0.5, 0.6) is 0 Å². The average Bonchev–Trinajstić information content (AvgIpc) is 3.08. The maximum Gasteiger partial charge on any atom is 0.251 e. The zero-order valence-electron chi connectivity index (χ0n) is 14.6. The fourth-order valence-electron chi connectivity index (χ4n) is 2.55. The molecule has 0 atom stereocenters. The molecule has 0 fully saturated rings. The van der Waals surface area contributed by atoms with E-state index in [4.69, 9.17) is 0 Å². The second kappa shape index (κ2) is 6.11. The quantitative estimate of drug-likeness (QED) is 0.774. The Hall–Kier alpha value is -2.63. The zero-order chi connectivity index (χ0) is 17.3. The van der Waals surface area contributed by atoms with Crippen LogP contribution in [0.25, 0.3) is 5.65 Å². The van der Waals surface area contributed by atoms with Gasteiger partial charge in [-0.25, -0.2) is 4.52 Å². The van der Waals surface area contributed by atoms with Gasteiger partial charge in [-0.05, 0) is 19.1 Å². The van der Waals surface area contributed by atoms with Crippen molar-refractivity contribution in [2.75, 3.05) is 6.54 Å². The maximum atomic E-state index is 12.2. The van der Waals surface area contributed by atoms with Crippen LogP contribution in [0.3, 0.4) is 0 Å². The molecule has 0 aliphatic heterocycles. The molecular formula is C18H23N5O. The van der Waals surface area contributed by atoms with E-state index in [9.17, 15) is 4.79 Å². The average molecular weight is 325 g/mol. The summed E-state index contributed by atoms with van der Waals surface area (Å²) in [6, 6.07) is 9.58. The van der Waals surface area contributed by atoms with Crippen LogP contribution in [-0.4, -0.2) is 32.3 Å². The second-order valence-electron chi connectivity index (χ2n) is 7.11. The number of rotatable bonds is 4. The van der Waals surface area contributed by atoms with Crippen LogP contribution in [0.2, 0.25) is 0 Å². The Morgan fingerprint density at radius 2 is 2.04 bits per heavy atom. The number of aromatic amines is 1. The monoisotopic (exact) mass is 325 g/mol. The highest BCUT2D eigenvalue weighted by atomic mass is 16.1. The smallest absolute Gasteiger partial charge is 0.251 e. The minimum absolute atomic E-state index is 0.0252. The van der Waals surface area contributed by atoms with Crippen LogP contribution in [0, 0.1) is 6.92 Å². The van der Waals surface area contributed by atoms with Gasteiger partial charge >= 0.3 is 0 Å². The highest BCUT2D eigenvalue weighted by Gasteiger charge is 2.18. The van der Waals surface area contributed by atoms with Gasteiger partial charge in [0.15, 0.2) is 11.5 Å². The van der Waals surface area contributed by atoms with Gasteiger partial charge in [0.05, 0.1) is 0 Å². The largest absolute Gasteiger partial charge is 0.352 e. The molecule has 2 heterocycles. The predicted octanol–water partition coefficient (Wildman–Crippen LogP) is 2.64. The number of aryl methyl sites for hydroxylation is 1. The number of benzene rings is 1. The number of fused-ring (bicyclic) bond motifs is 1. The first-order valence-corrected chi connectivity index (χ1v) is 8.13. The van der Waals surface area contributed by atoms with Crippen molar-refractivity contribution in [2.24, 2.45) is 0 Å². The SMILES string of the molecule is Cc1cccc(C(=O)NCCc2nnc3cc(C(C)(C)C)[nH]n23)c1. The van der Waals surface area contributed by atoms with Gasteiger partial charge in [-0.1, -0.05) is 38.5 Å². The standard InChI is InChI=1S/C18H23N5O/c1-12-6-5-7-13(10-12)17(24)19-9-8-15-20-21-16-11-14(18(2,3)4)22-23(15)16/h5-7,10-11,22H,8-9H2,1-4H3,(H,19,24). The summed E-state index contributed by atoms with van der Waals surface area (Å²) < 4.78 is 1.89. The maximum absolute atomic E-state index is 12.2. The molecule has 3 rings (SSSR count). The van der Waals surface area contributed by atoms with Gasteiger partial charge < -0.3 is 5.32 Å². The third kappa shape index (κ3) is 3.32. The highest BCUT2D eigenvalue weighted by molar-refractivity contribution is 5.94. The summed E-state index contributed by atoms with van der Waals surface area (Å²) in [5, 5.41) is 14.7. The molecule has 0 spiro atoms. The van der Waals surface area contributed by atoms with Gasteiger partial charge in [-0.15, -0.1) is 10.2 Å². The Bertz CT molecular complexity index is 869. The van der Waals surface area contributed by atoms with Crippen LogP contribution in [0.1, 0.15) is 48.2 Å². The van der Waals surface area contributed by atoms with E-state index in [1.165, 1.54) is 0 Å². The van der Waals surface area contributed by atoms with Crippen molar-refractivity contribution >= 4 is 11.6 Å². The predicted molar refractivity (Wildman–Crippen MR) is 93.3 cm³/mol. The van der Waals surface area contributed by atoms with Crippen molar-refractivity contribution in [3.8, 4) is 0 Å². The van der Waals surface area contributed by atoms with E-state index in [1.807, 2.05) is 41.8 Å². The lowest BCUT2D eigenvalue weighted by molar-refractivity contribution is 0.0954. The van der Waals surface area contributed by atoms with Gasteiger partial charge in [0.2, 0.25) is 0 Å². The Balaban J connectivity index is 1.66. The molecule has 0 radical (unpaired) electrons. The lowest BCUT2D eigenvalue weighted by atomic mass is 9.93. The van der Waals surface area contributed by atoms with Crippen LogP contribution >= 0.6 is 0 Å². The van der Waals surface area contributed by atoms with Crippen LogP contribution in [0.4, 0.5) is 0 Å². The molecule has 0 saturated carbocycles. The molecule has 2 N–H and O–H groups in total. The van der Waals surface area contributed by atoms with Crippen molar-refractivity contribution in [2.45, 2.75) is 39.5 Å². The molecule has 0 aliphatic rings. The van der Waals surface area contributed by atoms with Crippen molar-refractivity contribution in [3.05, 3.63) is 53.0 Å². The first kappa shape index (κ1) is 16.2. The van der Waals surface area contributed by atoms with E-state index in [1.54, 1.807) is 0 Å². The summed E-state index contributed by atoms with van der Waals surface area (Å²) in [5.41, 5.74) is 3.69. The summed E-state index contributed by atoms with van der Waals surface area (Å²) in [7, 11) is 0. The minimum atomic E-state index is -0.0682. The summed E-state index contributed by atoms with van der Waals surface area (Å²) in [6.07, 6.45) is 0.614. The molecule has 0 aliphatic carbocycles. The molecule has 6 heteroatoms. The fourth-order valence-corrected chi connectivity index (χ4v) is 2.55. The van der Waals surface area contributed by atoms with Crippen molar-refractivity contribution in [3.63, 3.8) is 0 Å². The van der Waals surface area contributed by atoms with E-state index in [0.717, 1.165) is 22.7 Å². The Morgan fingerprint density at radius 1 is 1.25 bits per heavy atom. The number of nitrogens with one attached hydrogen (secondary N) is 2. The number of carbonyl (C=O) groups is 1. The molecule has 2 aromatic heterocycles. The van der Waals surface area contributed by atoms with E-state index in [-0.39, 0.29) is 11.3 Å². The summed E-state index contributed by atoms with van der Waals surface area (Å²) >= 11 is 0. The molecule has 6 nitrogen and oxygen atoms in total. The van der Waals surface area contributed by atoms with Crippen LogP contribution < -0.4 is 5.32 Å². The zero-order valence-corrected chi connectivity index (χ0v) is 14.6. The molecule has 1 amide bonds. The molecule has 126 valence electrons. The van der Waals surface area contributed by atoms with Crippen LogP contribution in [-0.2, 0) is 11.8 Å². The fraction of sp³-hybridized carbons (Fsp3) is 0.389. The number of nitrogens with zero attached hydrogens (tertiary/aromatic N) is 3. The Kier molecular flexibility index (Phi) is 4.13. The lowest BCUT2D eigenvalue weighted by Gasteiger charge is -2.15. The number of carbonyl (C=O) groups excluding carboxylic acids is 1. The number of H-pyrrole nitrogens is 1. The first-order chi connectivity index (χ1) is 11.3. The van der Waals surface area contributed by atoms with E-state index in [0.29, 0.717) is 18.5 Å². The molecule has 24 heavy (non-hydrogen) atoms. The summed E-state index contributed by atoms with van der Waals surface area (Å²) in [5.74, 6) is 0.742. The normalized spacial score (nSPS) is 11.8. The molecule has 0 bridgehead atoms. The van der Waals surface area contributed by atoms with E-state index in [2.05, 4.69) is 41.4 Å². The molecule has 0 unspecified atom stereocenters. The third-order valence-corrected chi connectivity index (χ3v) is 3.98. The van der Waals surface area contributed by atoms with E-state index >= 15 is 0 Å². The number of amides is 1. The van der Waals surface area contributed by atoms with Crippen molar-refractivity contribution in [1.29, 1.82) is 0 Å². The third-order valence-electron chi connectivity index (χ3n) is 3.98. The van der Waals surface area contributed by atoms with Gasteiger partial charge in [-0.2, -0.15) is 0 Å². The van der Waals surface area contributed by atoms with Gasteiger partial charge in [-0.3, -0.25) is 9.89 Å². The number of hydrogen-bond donors (Lipinski definition) is 2. The summed E-state index contributed by atoms with van der Waals surface area (Å²) in [4.78, 5) is 12.2. The number of aromatic nitrogens is 4. The van der Waals surface area contributed by atoms with Crippen LogP contribution in [0.15, 0.2) is 30.3 Å². The van der Waals surface area contributed by atoms with Crippen molar-refractivity contribution < 1.29 is 4.79 Å².